The molecule has 1 aromatic heterocycles. The molecule has 8 atom stereocenters. The number of allylic oxidation sites excluding steroid dienone is 1. The molecule has 2 N–H and O–H groups in total. The van der Waals surface area contributed by atoms with E-state index in [9.17, 15) is 18.4 Å². The lowest BCUT2D eigenvalue weighted by atomic mass is 9.83. The normalized spacial score (nSPS) is 26.6. The number of alkyl halides is 2. The summed E-state index contributed by atoms with van der Waals surface area (Å²) in [6.45, 7) is 12.0. The van der Waals surface area contributed by atoms with Crippen molar-refractivity contribution < 1.29 is 27.8 Å². The summed E-state index contributed by atoms with van der Waals surface area (Å²) in [6, 6.07) is 3.26. The molecule has 2 heterocycles. The number of amides is 2. The number of thiazole rings is 1. The maximum Gasteiger partial charge on any atom is 0.265 e. The van der Waals surface area contributed by atoms with E-state index in [1.54, 1.807) is 6.07 Å². The van der Waals surface area contributed by atoms with E-state index in [4.69, 9.17) is 9.47 Å². The smallest absolute Gasteiger partial charge is 0.265 e. The fraction of sp³-hybridized carbons (Fsp3) is 0.676. The number of hydrogen-bond acceptors (Lipinski definition) is 6. The summed E-state index contributed by atoms with van der Waals surface area (Å²) in [6.07, 6.45) is 9.44. The van der Waals surface area contributed by atoms with Gasteiger partial charge in [0.15, 0.2) is 0 Å². The standard InChI is InChI=1S/C24H30F2N3O3PS.C10H20O/c1-4-15(24(25,26)33)9-10-27-22(30)18-13-5-6-14(11-13)20(18)29-23(31)19-17(32-3)8-7-16-21(19)34-12(2)28-16;1-3-5-10-6-9(4-2)7-11-8-10/h4,7-8,13-15,18,20H,1,5-6,9-11,33H2,2-3H3,(H,27,30)(H,29,31);9-10H,3-8H2,1-2H3/t13-,14?,15?,18?,20?;/m1./s1. The number of nitrogens with zero attached hydrogens (tertiary/aromatic N) is 1. The van der Waals surface area contributed by atoms with Crippen LogP contribution in [0.15, 0.2) is 24.8 Å². The molecule has 11 heteroatoms. The number of halogens is 2. The molecule has 45 heavy (non-hydrogen) atoms. The second kappa shape index (κ2) is 16.1. The Morgan fingerprint density at radius 2 is 1.96 bits per heavy atom. The predicted molar refractivity (Wildman–Crippen MR) is 180 cm³/mol. The van der Waals surface area contributed by atoms with Gasteiger partial charge in [-0.25, -0.2) is 13.8 Å². The van der Waals surface area contributed by atoms with Gasteiger partial charge < -0.3 is 20.1 Å². The highest BCUT2D eigenvalue weighted by Crippen LogP contribution is 2.49. The second-order valence-electron chi connectivity index (χ2n) is 12.9. The summed E-state index contributed by atoms with van der Waals surface area (Å²) in [5, 5.41) is 6.81. The Morgan fingerprint density at radius 3 is 2.62 bits per heavy atom. The molecule has 3 aliphatic rings. The maximum atomic E-state index is 13.6. The van der Waals surface area contributed by atoms with Crippen LogP contribution < -0.4 is 15.4 Å². The van der Waals surface area contributed by atoms with Gasteiger partial charge in [0, 0.05) is 31.7 Å². The molecule has 2 amide bonds. The molecule has 3 fully saturated rings. The number of nitrogens with one attached hydrogen (secondary N) is 2. The van der Waals surface area contributed by atoms with Crippen molar-refractivity contribution in [3.8, 4) is 5.75 Å². The van der Waals surface area contributed by atoms with Crippen LogP contribution in [0.2, 0.25) is 0 Å². The van der Waals surface area contributed by atoms with E-state index >= 15 is 0 Å². The molecule has 0 spiro atoms. The summed E-state index contributed by atoms with van der Waals surface area (Å²) in [5.74, 6) is 0.680. The molecule has 2 aromatic rings. The van der Waals surface area contributed by atoms with Crippen LogP contribution in [0.4, 0.5) is 8.78 Å². The zero-order valence-electron chi connectivity index (χ0n) is 27.1. The number of ether oxygens (including phenoxy) is 2. The van der Waals surface area contributed by atoms with Gasteiger partial charge in [-0.3, -0.25) is 9.59 Å². The SMILES string of the molecule is C=CC(CCNC(=O)C1C(NC(=O)c2c(OC)ccc3nc(C)sc23)C2CC[C@@H]1C2)C(F)(F)P.CCCC1COCC(CC)C1. The molecule has 1 saturated heterocycles. The van der Waals surface area contributed by atoms with E-state index in [0.717, 1.165) is 59.5 Å². The highest BCUT2D eigenvalue weighted by molar-refractivity contribution is 7.19. The van der Waals surface area contributed by atoms with Crippen molar-refractivity contribution in [2.45, 2.75) is 83.8 Å². The Morgan fingerprint density at radius 1 is 1.22 bits per heavy atom. The van der Waals surface area contributed by atoms with Crippen LogP contribution in [0, 0.1) is 42.4 Å². The van der Waals surface area contributed by atoms with Gasteiger partial charge in [0.25, 0.3) is 11.6 Å². The van der Waals surface area contributed by atoms with Crippen LogP contribution in [-0.4, -0.2) is 55.4 Å². The molecule has 2 saturated carbocycles. The average Bonchev–Trinajstić information content (AvgIpc) is 3.73. The number of benzene rings is 1. The number of aromatic nitrogens is 1. The average molecular weight is 666 g/mol. The van der Waals surface area contributed by atoms with Crippen molar-refractivity contribution in [3.05, 3.63) is 35.4 Å². The molecule has 7 unspecified atom stereocenters. The fourth-order valence-electron chi connectivity index (χ4n) is 7.41. The van der Waals surface area contributed by atoms with E-state index in [0.29, 0.717) is 11.3 Å². The molecular weight excluding hydrogens is 615 g/mol. The lowest BCUT2D eigenvalue weighted by molar-refractivity contribution is -0.127. The van der Waals surface area contributed by atoms with Gasteiger partial charge in [0.1, 0.15) is 11.3 Å². The third-order valence-corrected chi connectivity index (χ3v) is 11.2. The predicted octanol–water partition coefficient (Wildman–Crippen LogP) is 7.38. The number of rotatable bonds is 12. The molecule has 0 radical (unpaired) electrons. The second-order valence-corrected chi connectivity index (χ2v) is 14.9. The lowest BCUT2D eigenvalue weighted by Crippen LogP contribution is -2.50. The number of carbonyl (C=O) groups excluding carboxylic acids is 2. The van der Waals surface area contributed by atoms with Gasteiger partial charge in [-0.05, 0) is 81.3 Å². The molecular formula is C34H50F2N3O4PS. The maximum absolute atomic E-state index is 13.6. The topological polar surface area (TPSA) is 89.6 Å². The van der Waals surface area contributed by atoms with E-state index < -0.39 is 11.6 Å². The Hall–Kier alpha value is -2.16. The monoisotopic (exact) mass is 665 g/mol. The van der Waals surface area contributed by atoms with E-state index in [-0.39, 0.29) is 48.6 Å². The summed E-state index contributed by atoms with van der Waals surface area (Å²) in [4.78, 5) is 31.0. The Balaban J connectivity index is 0.000000354. The summed E-state index contributed by atoms with van der Waals surface area (Å²) < 4.78 is 38.9. The molecule has 7 nitrogen and oxygen atoms in total. The largest absolute Gasteiger partial charge is 0.496 e. The van der Waals surface area contributed by atoms with Gasteiger partial charge in [-0.15, -0.1) is 17.9 Å². The van der Waals surface area contributed by atoms with Crippen molar-refractivity contribution >= 4 is 42.6 Å². The molecule has 250 valence electrons. The molecule has 1 aromatic carbocycles. The van der Waals surface area contributed by atoms with Crippen molar-refractivity contribution in [1.29, 1.82) is 0 Å². The first-order chi connectivity index (χ1) is 21.5. The molecule has 5 rings (SSSR count). The molecule has 1 aliphatic heterocycles. The van der Waals surface area contributed by atoms with Crippen LogP contribution in [0.1, 0.15) is 80.6 Å². The fourth-order valence-corrected chi connectivity index (χ4v) is 8.66. The zero-order chi connectivity index (χ0) is 32.7. The summed E-state index contributed by atoms with van der Waals surface area (Å²) in [5.41, 5.74) is -1.80. The van der Waals surface area contributed by atoms with Crippen LogP contribution in [0.5, 0.6) is 5.75 Å². The number of aryl methyl sites for hydroxylation is 1. The van der Waals surface area contributed by atoms with Crippen LogP contribution in [0.25, 0.3) is 10.2 Å². The van der Waals surface area contributed by atoms with Crippen molar-refractivity contribution in [3.63, 3.8) is 0 Å². The van der Waals surface area contributed by atoms with Gasteiger partial charge >= 0.3 is 0 Å². The highest BCUT2D eigenvalue weighted by Gasteiger charge is 2.51. The van der Waals surface area contributed by atoms with E-state index in [2.05, 4.69) is 36.0 Å². The third-order valence-electron chi connectivity index (χ3n) is 9.77. The van der Waals surface area contributed by atoms with Crippen molar-refractivity contribution in [2.75, 3.05) is 26.9 Å². The minimum absolute atomic E-state index is 0.0908. The molecule has 2 bridgehead atoms. The van der Waals surface area contributed by atoms with Crippen molar-refractivity contribution in [2.24, 2.45) is 35.5 Å². The van der Waals surface area contributed by atoms with Crippen LogP contribution >= 0.6 is 20.6 Å². The van der Waals surface area contributed by atoms with Gasteiger partial charge in [0.05, 0.1) is 28.3 Å². The molecule has 2 aliphatic carbocycles. The first-order valence-corrected chi connectivity index (χ1v) is 17.8. The Labute approximate surface area is 272 Å². The minimum Gasteiger partial charge on any atom is -0.496 e. The van der Waals surface area contributed by atoms with Crippen molar-refractivity contribution in [1.82, 2.24) is 15.6 Å². The van der Waals surface area contributed by atoms with Crippen LogP contribution in [-0.2, 0) is 9.53 Å². The first-order valence-electron chi connectivity index (χ1n) is 16.4. The van der Waals surface area contributed by atoms with Crippen LogP contribution in [0.3, 0.4) is 0 Å². The third kappa shape index (κ3) is 8.81. The lowest BCUT2D eigenvalue weighted by Gasteiger charge is -2.31. The number of hydrogen-bond donors (Lipinski definition) is 2. The minimum atomic E-state index is -2.97. The van der Waals surface area contributed by atoms with Gasteiger partial charge in [-0.1, -0.05) is 42.0 Å². The number of fused-ring (bicyclic) bond motifs is 3. The highest BCUT2D eigenvalue weighted by atomic mass is 32.1. The summed E-state index contributed by atoms with van der Waals surface area (Å²) in [7, 11) is 3.06. The summed E-state index contributed by atoms with van der Waals surface area (Å²) >= 11 is 1.43. The zero-order valence-corrected chi connectivity index (χ0v) is 29.1. The quantitative estimate of drug-likeness (QED) is 0.182. The van der Waals surface area contributed by atoms with E-state index in [1.165, 1.54) is 59.4 Å². The number of carbonyl (C=O) groups is 2. The van der Waals surface area contributed by atoms with Gasteiger partial charge in [-0.2, -0.15) is 0 Å². The Bertz CT molecular complexity index is 1320. The Kier molecular flexibility index (Phi) is 12.8. The van der Waals surface area contributed by atoms with E-state index in [1.807, 2.05) is 13.0 Å². The number of methoxy groups -OCH3 is 1. The first kappa shape index (κ1) is 35.7. The van der Waals surface area contributed by atoms with Gasteiger partial charge in [0.2, 0.25) is 5.91 Å².